The van der Waals surface area contributed by atoms with Crippen LogP contribution in [0.2, 0.25) is 0 Å². The zero-order chi connectivity index (χ0) is 21.1. The Kier molecular flexibility index (Phi) is 6.59. The second kappa shape index (κ2) is 8.38. The number of hydrogen-bond donors (Lipinski definition) is 0. The van der Waals surface area contributed by atoms with Crippen LogP contribution in [0, 0.1) is 0 Å². The summed E-state index contributed by atoms with van der Waals surface area (Å²) in [6.45, 7) is 16.9. The summed E-state index contributed by atoms with van der Waals surface area (Å²) < 4.78 is 11.3. The van der Waals surface area contributed by atoms with Crippen LogP contribution in [0.15, 0.2) is 36.4 Å². The van der Waals surface area contributed by atoms with E-state index >= 15 is 0 Å². The van der Waals surface area contributed by atoms with Gasteiger partial charge in [0.1, 0.15) is 11.5 Å². The van der Waals surface area contributed by atoms with Crippen LogP contribution in [0.1, 0.15) is 77.6 Å². The van der Waals surface area contributed by atoms with Crippen LogP contribution in [0.3, 0.4) is 0 Å². The summed E-state index contributed by atoms with van der Waals surface area (Å²) in [7, 11) is 0. The van der Waals surface area contributed by atoms with Gasteiger partial charge in [-0.1, -0.05) is 79.7 Å². The average Bonchev–Trinajstić information content (AvgIpc) is 2.60. The molecule has 0 fully saturated rings. The summed E-state index contributed by atoms with van der Waals surface area (Å²) in [4.78, 5) is 12.6. The molecule has 152 valence electrons. The van der Waals surface area contributed by atoms with Crippen molar-refractivity contribution < 1.29 is 14.3 Å². The first-order valence-electron chi connectivity index (χ1n) is 10.1. The van der Waals surface area contributed by atoms with Crippen molar-refractivity contribution in [3.63, 3.8) is 0 Å². The highest BCUT2D eigenvalue weighted by atomic mass is 16.7. The normalized spacial score (nSPS) is 12.0. The van der Waals surface area contributed by atoms with Crippen LogP contribution in [0.25, 0.3) is 0 Å². The van der Waals surface area contributed by atoms with Crippen LogP contribution in [-0.4, -0.2) is 6.16 Å². The predicted octanol–water partition coefficient (Wildman–Crippen LogP) is 6.98. The summed E-state index contributed by atoms with van der Waals surface area (Å²) >= 11 is 0. The third-order valence-corrected chi connectivity index (χ3v) is 4.91. The van der Waals surface area contributed by atoms with Crippen molar-refractivity contribution in [3.8, 4) is 11.5 Å². The van der Waals surface area contributed by atoms with E-state index in [4.69, 9.17) is 9.47 Å². The molecule has 0 saturated carbocycles. The molecule has 0 spiro atoms. The Balaban J connectivity index is 2.31. The van der Waals surface area contributed by atoms with E-state index in [2.05, 4.69) is 67.5 Å². The third kappa shape index (κ3) is 5.37. The maximum Gasteiger partial charge on any atom is 0.519 e. The molecule has 2 aromatic rings. The molecule has 0 bridgehead atoms. The topological polar surface area (TPSA) is 35.5 Å². The maximum atomic E-state index is 12.6. The Bertz CT molecular complexity index is 766. The highest BCUT2D eigenvalue weighted by Gasteiger charge is 2.24. The Morgan fingerprint density at radius 2 is 1.07 bits per heavy atom. The zero-order valence-corrected chi connectivity index (χ0v) is 18.6. The van der Waals surface area contributed by atoms with Gasteiger partial charge in [0.05, 0.1) is 0 Å². The minimum absolute atomic E-state index is 0.139. The van der Waals surface area contributed by atoms with Crippen LogP contribution in [0.5, 0.6) is 11.5 Å². The molecular weight excluding hydrogens is 348 g/mol. The smallest absolute Gasteiger partial charge is 0.394 e. The fraction of sp³-hybridized carbons (Fsp3) is 0.480. The molecule has 0 aliphatic carbocycles. The molecule has 28 heavy (non-hydrogen) atoms. The van der Waals surface area contributed by atoms with E-state index in [1.165, 1.54) is 11.1 Å². The second-order valence-electron chi connectivity index (χ2n) is 9.32. The molecule has 2 rings (SSSR count). The number of carbonyl (C=O) groups is 1. The van der Waals surface area contributed by atoms with Gasteiger partial charge in [0.2, 0.25) is 0 Å². The molecule has 0 heterocycles. The monoisotopic (exact) mass is 382 g/mol. The molecule has 0 N–H and O–H groups in total. The fourth-order valence-corrected chi connectivity index (χ4v) is 3.14. The van der Waals surface area contributed by atoms with Gasteiger partial charge >= 0.3 is 6.16 Å². The zero-order valence-electron chi connectivity index (χ0n) is 18.6. The largest absolute Gasteiger partial charge is 0.519 e. The van der Waals surface area contributed by atoms with Crippen molar-refractivity contribution in [2.24, 2.45) is 0 Å². The predicted molar refractivity (Wildman–Crippen MR) is 116 cm³/mol. The van der Waals surface area contributed by atoms with Crippen molar-refractivity contribution in [2.45, 2.75) is 79.1 Å². The lowest BCUT2D eigenvalue weighted by Crippen LogP contribution is -2.21. The van der Waals surface area contributed by atoms with Crippen molar-refractivity contribution in [2.75, 3.05) is 0 Å². The van der Waals surface area contributed by atoms with Gasteiger partial charge in [-0.25, -0.2) is 4.79 Å². The highest BCUT2D eigenvalue weighted by Crippen LogP contribution is 2.35. The van der Waals surface area contributed by atoms with Crippen LogP contribution in [0.4, 0.5) is 4.79 Å². The summed E-state index contributed by atoms with van der Waals surface area (Å²) in [6.07, 6.45) is 1.17. The molecule has 0 atom stereocenters. The maximum absolute atomic E-state index is 12.6. The van der Waals surface area contributed by atoms with E-state index in [0.29, 0.717) is 11.5 Å². The fourth-order valence-electron chi connectivity index (χ4n) is 3.14. The van der Waals surface area contributed by atoms with Gasteiger partial charge in [-0.15, -0.1) is 0 Å². The molecule has 0 aliphatic heterocycles. The number of ether oxygens (including phenoxy) is 2. The van der Waals surface area contributed by atoms with Crippen LogP contribution >= 0.6 is 0 Å². The van der Waals surface area contributed by atoms with Gasteiger partial charge in [0.25, 0.3) is 0 Å². The molecule has 3 heteroatoms. The number of benzene rings is 2. The van der Waals surface area contributed by atoms with E-state index in [-0.39, 0.29) is 10.8 Å². The SMILES string of the molecule is CCc1ccc(OC(=O)Oc2ccc(CC)cc2C(C)(C)C)c(C(C)(C)C)c1. The van der Waals surface area contributed by atoms with Crippen molar-refractivity contribution >= 4 is 6.16 Å². The number of aryl methyl sites for hydroxylation is 2. The summed E-state index contributed by atoms with van der Waals surface area (Å²) in [6, 6.07) is 11.9. The average molecular weight is 383 g/mol. The molecule has 0 aliphatic rings. The molecule has 0 radical (unpaired) electrons. The first-order chi connectivity index (χ1) is 13.0. The number of hydrogen-bond acceptors (Lipinski definition) is 3. The van der Waals surface area contributed by atoms with E-state index in [1.807, 2.05) is 24.3 Å². The standard InChI is InChI=1S/C25H34O3/c1-9-17-11-13-21(19(15-17)24(3,4)5)27-23(26)28-22-14-12-18(10-2)16-20(22)25(6,7)8/h11-16H,9-10H2,1-8H3. The van der Waals surface area contributed by atoms with E-state index in [9.17, 15) is 4.79 Å². The Labute approximate surface area is 170 Å². The van der Waals surface area contributed by atoms with Crippen molar-refractivity contribution in [1.82, 2.24) is 0 Å². The Morgan fingerprint density at radius 1 is 0.714 bits per heavy atom. The highest BCUT2D eigenvalue weighted by molar-refractivity contribution is 5.69. The van der Waals surface area contributed by atoms with E-state index in [0.717, 1.165) is 24.0 Å². The lowest BCUT2D eigenvalue weighted by atomic mass is 9.85. The van der Waals surface area contributed by atoms with Gasteiger partial charge < -0.3 is 9.47 Å². The molecule has 3 nitrogen and oxygen atoms in total. The summed E-state index contributed by atoms with van der Waals surface area (Å²) in [5, 5.41) is 0. The van der Waals surface area contributed by atoms with Gasteiger partial charge in [-0.2, -0.15) is 0 Å². The van der Waals surface area contributed by atoms with Gasteiger partial charge in [-0.05, 0) is 46.9 Å². The Morgan fingerprint density at radius 3 is 1.36 bits per heavy atom. The summed E-state index contributed by atoms with van der Waals surface area (Å²) in [5.41, 5.74) is 4.16. The molecule has 0 saturated heterocycles. The van der Waals surface area contributed by atoms with Crippen LogP contribution < -0.4 is 9.47 Å². The number of carbonyl (C=O) groups excluding carboxylic acids is 1. The molecule has 0 amide bonds. The van der Waals surface area contributed by atoms with Crippen molar-refractivity contribution in [1.29, 1.82) is 0 Å². The number of rotatable bonds is 4. The molecule has 0 unspecified atom stereocenters. The van der Waals surface area contributed by atoms with E-state index < -0.39 is 6.16 Å². The first-order valence-corrected chi connectivity index (χ1v) is 10.1. The first kappa shape index (κ1) is 22.0. The lowest BCUT2D eigenvalue weighted by molar-refractivity contribution is 0.150. The molecular formula is C25H34O3. The van der Waals surface area contributed by atoms with Crippen LogP contribution in [-0.2, 0) is 23.7 Å². The lowest BCUT2D eigenvalue weighted by Gasteiger charge is -2.24. The molecule has 0 aromatic heterocycles. The van der Waals surface area contributed by atoms with Gasteiger partial charge in [0.15, 0.2) is 0 Å². The minimum Gasteiger partial charge on any atom is -0.394 e. The quantitative estimate of drug-likeness (QED) is 0.422. The Hall–Kier alpha value is -2.29. The molecule has 2 aromatic carbocycles. The van der Waals surface area contributed by atoms with Gasteiger partial charge in [-0.3, -0.25) is 0 Å². The van der Waals surface area contributed by atoms with Gasteiger partial charge in [0, 0.05) is 11.1 Å². The third-order valence-electron chi connectivity index (χ3n) is 4.91. The van der Waals surface area contributed by atoms with E-state index in [1.54, 1.807) is 0 Å². The second-order valence-corrected chi connectivity index (χ2v) is 9.32. The minimum atomic E-state index is -0.704. The van der Waals surface area contributed by atoms with Crippen molar-refractivity contribution in [3.05, 3.63) is 58.7 Å². The summed E-state index contributed by atoms with van der Waals surface area (Å²) in [5.74, 6) is 1.11.